The standard InChI is InChI=1S/C13H17N3O/c1-13(17)5-7-16(9-13)11-2-3-12(15)10(8-11)4-6-14/h2-3,8,17H,4-5,7,9,15H2,1H3. The van der Waals surface area contributed by atoms with E-state index >= 15 is 0 Å². The molecule has 0 bridgehead atoms. The highest BCUT2D eigenvalue weighted by Crippen LogP contribution is 2.28. The van der Waals surface area contributed by atoms with E-state index in [1.54, 1.807) is 0 Å². The largest absolute Gasteiger partial charge is 0.398 e. The average molecular weight is 231 g/mol. The fourth-order valence-corrected chi connectivity index (χ4v) is 2.19. The van der Waals surface area contributed by atoms with E-state index in [9.17, 15) is 5.11 Å². The Bertz CT molecular complexity index is 462. The summed E-state index contributed by atoms with van der Waals surface area (Å²) < 4.78 is 0. The molecule has 0 radical (unpaired) electrons. The zero-order valence-corrected chi connectivity index (χ0v) is 9.98. The Labute approximate surface area is 101 Å². The van der Waals surface area contributed by atoms with Gasteiger partial charge >= 0.3 is 0 Å². The maximum absolute atomic E-state index is 9.93. The second kappa shape index (κ2) is 4.27. The van der Waals surface area contributed by atoms with Gasteiger partial charge in [0.25, 0.3) is 0 Å². The summed E-state index contributed by atoms with van der Waals surface area (Å²) in [7, 11) is 0. The molecule has 1 atom stereocenters. The molecular weight excluding hydrogens is 214 g/mol. The lowest BCUT2D eigenvalue weighted by molar-refractivity contribution is 0.0839. The Hall–Kier alpha value is -1.73. The van der Waals surface area contributed by atoms with Crippen LogP contribution in [-0.4, -0.2) is 23.8 Å². The number of nitrogens with two attached hydrogens (primary N) is 1. The smallest absolute Gasteiger partial charge is 0.0810 e. The SMILES string of the molecule is CC1(O)CCN(c2ccc(N)c(CC#N)c2)C1. The van der Waals surface area contributed by atoms with Crippen LogP contribution in [0.4, 0.5) is 11.4 Å². The number of aliphatic hydroxyl groups is 1. The third-order valence-electron chi connectivity index (χ3n) is 3.21. The lowest BCUT2D eigenvalue weighted by atomic mass is 10.1. The average Bonchev–Trinajstić information content (AvgIpc) is 2.62. The fraction of sp³-hybridized carbons (Fsp3) is 0.462. The topological polar surface area (TPSA) is 73.3 Å². The van der Waals surface area contributed by atoms with E-state index in [1.807, 2.05) is 25.1 Å². The quantitative estimate of drug-likeness (QED) is 0.752. The van der Waals surface area contributed by atoms with Gasteiger partial charge in [0.15, 0.2) is 0 Å². The minimum atomic E-state index is -0.614. The molecular formula is C13H17N3O. The van der Waals surface area contributed by atoms with Crippen molar-refractivity contribution in [2.45, 2.75) is 25.4 Å². The van der Waals surface area contributed by atoms with Crippen LogP contribution in [0.3, 0.4) is 0 Å². The molecule has 3 N–H and O–H groups in total. The van der Waals surface area contributed by atoms with Gasteiger partial charge in [0.05, 0.1) is 18.1 Å². The number of β-amino-alcohol motifs (C(OH)–C–C–N with tert-alkyl or cyclic N) is 1. The number of anilines is 2. The van der Waals surface area contributed by atoms with Gasteiger partial charge in [-0.15, -0.1) is 0 Å². The number of hydrogen-bond acceptors (Lipinski definition) is 4. The van der Waals surface area contributed by atoms with Crippen LogP contribution in [0, 0.1) is 11.3 Å². The van der Waals surface area contributed by atoms with Gasteiger partial charge in [0, 0.05) is 24.5 Å². The molecule has 1 aliphatic rings. The number of nitrogens with zero attached hydrogens (tertiary/aromatic N) is 2. The van der Waals surface area contributed by atoms with E-state index in [4.69, 9.17) is 11.0 Å². The minimum Gasteiger partial charge on any atom is -0.398 e. The Balaban J connectivity index is 2.23. The van der Waals surface area contributed by atoms with Crippen molar-refractivity contribution >= 4 is 11.4 Å². The highest BCUT2D eigenvalue weighted by atomic mass is 16.3. The fourth-order valence-electron chi connectivity index (χ4n) is 2.19. The Morgan fingerprint density at radius 1 is 1.59 bits per heavy atom. The summed E-state index contributed by atoms with van der Waals surface area (Å²) in [6.45, 7) is 3.31. The number of hydrogen-bond donors (Lipinski definition) is 2. The molecule has 4 heteroatoms. The molecule has 0 spiro atoms. The van der Waals surface area contributed by atoms with Gasteiger partial charge in [-0.3, -0.25) is 0 Å². The first-order valence-electron chi connectivity index (χ1n) is 5.74. The Kier molecular flexibility index (Phi) is 2.95. The van der Waals surface area contributed by atoms with Gasteiger partial charge < -0.3 is 15.7 Å². The monoisotopic (exact) mass is 231 g/mol. The van der Waals surface area contributed by atoms with Crippen LogP contribution in [0.2, 0.25) is 0 Å². The van der Waals surface area contributed by atoms with Crippen molar-refractivity contribution in [3.8, 4) is 6.07 Å². The van der Waals surface area contributed by atoms with Crippen molar-refractivity contribution in [1.29, 1.82) is 5.26 Å². The molecule has 1 aromatic rings. The molecule has 2 rings (SSSR count). The molecule has 1 aromatic carbocycles. The molecule has 4 nitrogen and oxygen atoms in total. The Morgan fingerprint density at radius 3 is 2.94 bits per heavy atom. The summed E-state index contributed by atoms with van der Waals surface area (Å²) in [5, 5.41) is 18.7. The highest BCUT2D eigenvalue weighted by Gasteiger charge is 2.31. The number of benzene rings is 1. The predicted molar refractivity (Wildman–Crippen MR) is 67.6 cm³/mol. The summed E-state index contributed by atoms with van der Waals surface area (Å²) in [5.74, 6) is 0. The van der Waals surface area contributed by atoms with Crippen LogP contribution >= 0.6 is 0 Å². The number of nitriles is 1. The lowest BCUT2D eigenvalue weighted by Crippen LogP contribution is -2.29. The van der Waals surface area contributed by atoms with Gasteiger partial charge in [-0.2, -0.15) is 5.26 Å². The van der Waals surface area contributed by atoms with E-state index < -0.39 is 5.60 Å². The maximum atomic E-state index is 9.93. The van der Waals surface area contributed by atoms with Crippen LogP contribution in [0.1, 0.15) is 18.9 Å². The van der Waals surface area contributed by atoms with Crippen molar-refractivity contribution in [3.63, 3.8) is 0 Å². The molecule has 17 heavy (non-hydrogen) atoms. The van der Waals surface area contributed by atoms with Gasteiger partial charge in [-0.1, -0.05) is 0 Å². The summed E-state index contributed by atoms with van der Waals surface area (Å²) in [6.07, 6.45) is 1.09. The summed E-state index contributed by atoms with van der Waals surface area (Å²) in [4.78, 5) is 2.13. The molecule has 1 saturated heterocycles. The Morgan fingerprint density at radius 2 is 2.35 bits per heavy atom. The van der Waals surface area contributed by atoms with E-state index in [1.165, 1.54) is 0 Å². The van der Waals surface area contributed by atoms with Crippen molar-refractivity contribution < 1.29 is 5.11 Å². The molecule has 0 aliphatic carbocycles. The molecule has 90 valence electrons. The molecule has 0 amide bonds. The minimum absolute atomic E-state index is 0.323. The van der Waals surface area contributed by atoms with Crippen LogP contribution in [0.5, 0.6) is 0 Å². The van der Waals surface area contributed by atoms with Gasteiger partial charge in [0.2, 0.25) is 0 Å². The normalized spacial score (nSPS) is 23.7. The molecule has 1 heterocycles. The molecule has 1 aliphatic heterocycles. The second-order valence-corrected chi connectivity index (χ2v) is 4.89. The third-order valence-corrected chi connectivity index (χ3v) is 3.21. The highest BCUT2D eigenvalue weighted by molar-refractivity contribution is 5.59. The first-order valence-corrected chi connectivity index (χ1v) is 5.74. The number of rotatable bonds is 2. The summed E-state index contributed by atoms with van der Waals surface area (Å²) in [6, 6.07) is 7.83. The maximum Gasteiger partial charge on any atom is 0.0810 e. The van der Waals surface area contributed by atoms with Gasteiger partial charge in [-0.25, -0.2) is 0 Å². The molecule has 0 aromatic heterocycles. The predicted octanol–water partition coefficient (Wildman–Crippen LogP) is 1.30. The van der Waals surface area contributed by atoms with Crippen LogP contribution in [0.15, 0.2) is 18.2 Å². The van der Waals surface area contributed by atoms with Gasteiger partial charge in [0.1, 0.15) is 0 Å². The molecule has 1 fully saturated rings. The van der Waals surface area contributed by atoms with Crippen LogP contribution in [-0.2, 0) is 6.42 Å². The van der Waals surface area contributed by atoms with Crippen LogP contribution in [0.25, 0.3) is 0 Å². The van der Waals surface area contributed by atoms with Gasteiger partial charge in [-0.05, 0) is 37.1 Å². The first-order chi connectivity index (χ1) is 8.02. The molecule has 1 unspecified atom stereocenters. The first kappa shape index (κ1) is 11.7. The van der Waals surface area contributed by atoms with Crippen molar-refractivity contribution in [2.24, 2.45) is 0 Å². The van der Waals surface area contributed by atoms with Crippen molar-refractivity contribution in [2.75, 3.05) is 23.7 Å². The van der Waals surface area contributed by atoms with E-state index in [0.717, 1.165) is 24.2 Å². The summed E-state index contributed by atoms with van der Waals surface area (Å²) in [5.41, 5.74) is 7.74. The lowest BCUT2D eigenvalue weighted by Gasteiger charge is -2.21. The van der Waals surface area contributed by atoms with E-state index in [2.05, 4.69) is 11.0 Å². The van der Waals surface area contributed by atoms with Crippen molar-refractivity contribution in [3.05, 3.63) is 23.8 Å². The van der Waals surface area contributed by atoms with Crippen LogP contribution < -0.4 is 10.6 Å². The van der Waals surface area contributed by atoms with Crippen molar-refractivity contribution in [1.82, 2.24) is 0 Å². The third kappa shape index (κ3) is 2.51. The van der Waals surface area contributed by atoms with E-state index in [-0.39, 0.29) is 0 Å². The summed E-state index contributed by atoms with van der Waals surface area (Å²) >= 11 is 0. The number of nitrogen functional groups attached to an aromatic ring is 1. The zero-order chi connectivity index (χ0) is 12.5. The van der Waals surface area contributed by atoms with E-state index in [0.29, 0.717) is 18.7 Å². The molecule has 0 saturated carbocycles. The zero-order valence-electron chi connectivity index (χ0n) is 9.98. The second-order valence-electron chi connectivity index (χ2n) is 4.89.